The molecule has 1 saturated heterocycles. The number of rotatable bonds is 4. The quantitative estimate of drug-likeness (QED) is 0.794. The molecule has 3 nitrogen and oxygen atoms in total. The molecular weight excluding hydrogens is 258 g/mol. The number of nitrogens with one attached hydrogen (secondary N) is 1. The van der Waals surface area contributed by atoms with Crippen molar-refractivity contribution in [3.63, 3.8) is 0 Å². The van der Waals surface area contributed by atoms with Gasteiger partial charge in [-0.15, -0.1) is 0 Å². The van der Waals surface area contributed by atoms with Crippen LogP contribution in [0.3, 0.4) is 0 Å². The smallest absolute Gasteiger partial charge is 0.225 e. The Hall–Kier alpha value is -0.0900. The van der Waals surface area contributed by atoms with Crippen molar-refractivity contribution < 1.29 is 9.53 Å². The predicted molar refractivity (Wildman–Crippen MR) is 62.0 cm³/mol. The van der Waals surface area contributed by atoms with Crippen LogP contribution in [0.2, 0.25) is 0 Å². The monoisotopic (exact) mass is 275 g/mol. The number of hydrogen-bond acceptors (Lipinski definition) is 2. The minimum atomic E-state index is 0.0592. The Morgan fingerprint density at radius 3 is 2.80 bits per heavy atom. The fourth-order valence-corrected chi connectivity index (χ4v) is 2.72. The largest absolute Gasteiger partial charge is 0.378 e. The van der Waals surface area contributed by atoms with E-state index in [1.54, 1.807) is 0 Å². The van der Waals surface area contributed by atoms with Crippen LogP contribution >= 0.6 is 15.9 Å². The van der Waals surface area contributed by atoms with E-state index in [0.717, 1.165) is 25.5 Å². The van der Waals surface area contributed by atoms with Crippen molar-refractivity contribution in [2.45, 2.75) is 37.1 Å². The molecule has 0 spiro atoms. The summed E-state index contributed by atoms with van der Waals surface area (Å²) in [6.07, 6.45) is 3.55. The van der Waals surface area contributed by atoms with Crippen LogP contribution < -0.4 is 5.32 Å². The minimum Gasteiger partial charge on any atom is -0.378 e. The second kappa shape index (κ2) is 4.83. The first kappa shape index (κ1) is 11.4. The molecule has 0 bridgehead atoms. The standard InChI is InChI=1S/C11H18BrNO2/c1-7-9(4-5-15-7)11(14)13-6-10(12)8-2-3-8/h7-10H,2-6H2,1H3,(H,13,14). The summed E-state index contributed by atoms with van der Waals surface area (Å²) in [5.41, 5.74) is 0. The summed E-state index contributed by atoms with van der Waals surface area (Å²) in [7, 11) is 0. The zero-order chi connectivity index (χ0) is 10.8. The van der Waals surface area contributed by atoms with Crippen molar-refractivity contribution in [2.24, 2.45) is 11.8 Å². The van der Waals surface area contributed by atoms with Crippen molar-refractivity contribution in [3.8, 4) is 0 Å². The maximum absolute atomic E-state index is 11.8. The van der Waals surface area contributed by atoms with E-state index in [4.69, 9.17) is 4.74 Å². The van der Waals surface area contributed by atoms with E-state index in [-0.39, 0.29) is 17.9 Å². The molecule has 1 aliphatic heterocycles. The van der Waals surface area contributed by atoms with Gasteiger partial charge in [-0.1, -0.05) is 15.9 Å². The summed E-state index contributed by atoms with van der Waals surface area (Å²) < 4.78 is 5.38. The van der Waals surface area contributed by atoms with Gasteiger partial charge in [0.05, 0.1) is 12.0 Å². The molecule has 4 heteroatoms. The third kappa shape index (κ3) is 2.94. The zero-order valence-corrected chi connectivity index (χ0v) is 10.6. The summed E-state index contributed by atoms with van der Waals surface area (Å²) in [6, 6.07) is 0. The van der Waals surface area contributed by atoms with Crippen LogP contribution in [0.5, 0.6) is 0 Å². The van der Waals surface area contributed by atoms with Crippen molar-refractivity contribution in [2.75, 3.05) is 13.2 Å². The van der Waals surface area contributed by atoms with E-state index in [1.165, 1.54) is 12.8 Å². The highest BCUT2D eigenvalue weighted by molar-refractivity contribution is 9.09. The predicted octanol–water partition coefficient (Wildman–Crippen LogP) is 1.70. The summed E-state index contributed by atoms with van der Waals surface area (Å²) in [5.74, 6) is 0.997. The molecule has 1 aliphatic carbocycles. The van der Waals surface area contributed by atoms with E-state index >= 15 is 0 Å². The molecule has 1 amide bonds. The molecule has 2 rings (SSSR count). The lowest BCUT2D eigenvalue weighted by molar-refractivity contribution is -0.126. The summed E-state index contributed by atoms with van der Waals surface area (Å²) >= 11 is 3.61. The van der Waals surface area contributed by atoms with Crippen LogP contribution in [0, 0.1) is 11.8 Å². The van der Waals surface area contributed by atoms with Gasteiger partial charge in [-0.25, -0.2) is 0 Å². The van der Waals surface area contributed by atoms with Crippen molar-refractivity contribution in [1.29, 1.82) is 0 Å². The first-order valence-electron chi connectivity index (χ1n) is 5.72. The molecule has 0 aromatic heterocycles. The van der Waals surface area contributed by atoms with Gasteiger partial charge in [-0.05, 0) is 32.1 Å². The Balaban J connectivity index is 1.71. The molecule has 2 aliphatic rings. The van der Waals surface area contributed by atoms with E-state index in [1.807, 2.05) is 6.92 Å². The fraction of sp³-hybridized carbons (Fsp3) is 0.909. The van der Waals surface area contributed by atoms with Crippen LogP contribution in [0.1, 0.15) is 26.2 Å². The number of carbonyl (C=O) groups is 1. The molecule has 0 radical (unpaired) electrons. The highest BCUT2D eigenvalue weighted by atomic mass is 79.9. The summed E-state index contributed by atoms with van der Waals surface area (Å²) in [6.45, 7) is 3.45. The number of hydrogen-bond donors (Lipinski definition) is 1. The first-order chi connectivity index (χ1) is 7.18. The number of amides is 1. The van der Waals surface area contributed by atoms with Gasteiger partial charge in [0.15, 0.2) is 0 Å². The number of alkyl halides is 1. The lowest BCUT2D eigenvalue weighted by atomic mass is 10.0. The van der Waals surface area contributed by atoms with E-state index in [9.17, 15) is 4.79 Å². The van der Waals surface area contributed by atoms with E-state index < -0.39 is 0 Å². The van der Waals surface area contributed by atoms with Gasteiger partial charge in [-0.2, -0.15) is 0 Å². The van der Waals surface area contributed by atoms with Gasteiger partial charge in [0.25, 0.3) is 0 Å². The van der Waals surface area contributed by atoms with Gasteiger partial charge in [0.2, 0.25) is 5.91 Å². The molecule has 1 N–H and O–H groups in total. The number of halogens is 1. The number of ether oxygens (including phenoxy) is 1. The van der Waals surface area contributed by atoms with Crippen molar-refractivity contribution >= 4 is 21.8 Å². The lowest BCUT2D eigenvalue weighted by Crippen LogP contribution is -2.37. The molecule has 3 unspecified atom stereocenters. The lowest BCUT2D eigenvalue weighted by Gasteiger charge is -2.15. The average molecular weight is 276 g/mol. The maximum Gasteiger partial charge on any atom is 0.225 e. The van der Waals surface area contributed by atoms with Gasteiger partial charge >= 0.3 is 0 Å². The summed E-state index contributed by atoms with van der Waals surface area (Å²) in [4.78, 5) is 12.2. The van der Waals surface area contributed by atoms with E-state index in [2.05, 4.69) is 21.2 Å². The maximum atomic E-state index is 11.8. The average Bonchev–Trinajstić information content (AvgIpc) is 2.98. The van der Waals surface area contributed by atoms with E-state index in [0.29, 0.717) is 4.83 Å². The van der Waals surface area contributed by atoms with Gasteiger partial charge in [-0.3, -0.25) is 4.79 Å². The molecule has 1 heterocycles. The number of carbonyl (C=O) groups excluding carboxylic acids is 1. The Morgan fingerprint density at radius 2 is 2.27 bits per heavy atom. The molecule has 3 atom stereocenters. The molecular formula is C11H18BrNO2. The highest BCUT2D eigenvalue weighted by Crippen LogP contribution is 2.36. The summed E-state index contributed by atoms with van der Waals surface area (Å²) in [5, 5.41) is 3.01. The van der Waals surface area contributed by atoms with Crippen LogP contribution in [-0.4, -0.2) is 30.0 Å². The Bertz CT molecular complexity index is 243. The Kier molecular flexibility index (Phi) is 3.67. The highest BCUT2D eigenvalue weighted by Gasteiger charge is 2.33. The Morgan fingerprint density at radius 1 is 1.53 bits per heavy atom. The molecule has 2 fully saturated rings. The zero-order valence-electron chi connectivity index (χ0n) is 9.04. The molecule has 0 aromatic carbocycles. The topological polar surface area (TPSA) is 38.3 Å². The molecule has 1 saturated carbocycles. The van der Waals surface area contributed by atoms with Gasteiger partial charge in [0, 0.05) is 18.0 Å². The van der Waals surface area contributed by atoms with Crippen LogP contribution in [0.25, 0.3) is 0 Å². The molecule has 15 heavy (non-hydrogen) atoms. The molecule has 86 valence electrons. The van der Waals surface area contributed by atoms with Crippen molar-refractivity contribution in [3.05, 3.63) is 0 Å². The van der Waals surface area contributed by atoms with Gasteiger partial charge < -0.3 is 10.1 Å². The normalized spacial score (nSPS) is 32.7. The fourth-order valence-electron chi connectivity index (χ4n) is 2.03. The van der Waals surface area contributed by atoms with Crippen molar-refractivity contribution in [1.82, 2.24) is 5.32 Å². The van der Waals surface area contributed by atoms with Gasteiger partial charge in [0.1, 0.15) is 0 Å². The SMILES string of the molecule is CC1OCCC1C(=O)NCC(Br)C1CC1. The molecule has 0 aromatic rings. The second-order valence-electron chi connectivity index (χ2n) is 4.57. The minimum absolute atomic E-state index is 0.0592. The first-order valence-corrected chi connectivity index (χ1v) is 6.63. The van der Waals surface area contributed by atoms with Crippen LogP contribution in [-0.2, 0) is 9.53 Å². The van der Waals surface area contributed by atoms with Crippen LogP contribution in [0.15, 0.2) is 0 Å². The second-order valence-corrected chi connectivity index (χ2v) is 5.75. The van der Waals surface area contributed by atoms with Crippen LogP contribution in [0.4, 0.5) is 0 Å². The third-order valence-electron chi connectivity index (χ3n) is 3.32. The Labute approximate surface area is 99.1 Å². The third-order valence-corrected chi connectivity index (χ3v) is 4.39.